The average Bonchev–Trinajstić information content (AvgIpc) is 2.40. The van der Waals surface area contributed by atoms with Gasteiger partial charge in [-0.15, -0.1) is 6.58 Å². The minimum absolute atomic E-state index is 0.0999. The fourth-order valence-electron chi connectivity index (χ4n) is 1.90. The Morgan fingerprint density at radius 1 is 1.00 bits per heavy atom. The molecule has 0 unspecified atom stereocenters. The Kier molecular flexibility index (Phi) is 3.73. The second-order valence-corrected chi connectivity index (χ2v) is 4.32. The van der Waals surface area contributed by atoms with Gasteiger partial charge in [0.15, 0.2) is 5.78 Å². The third kappa shape index (κ3) is 2.75. The molecular weight excluding hydrogens is 220 g/mol. The van der Waals surface area contributed by atoms with Gasteiger partial charge in [-0.3, -0.25) is 4.79 Å². The molecule has 2 rings (SSSR count). The lowest BCUT2D eigenvalue weighted by molar-refractivity contribution is 0.101. The van der Waals surface area contributed by atoms with Gasteiger partial charge in [-0.2, -0.15) is 0 Å². The smallest absolute Gasteiger partial charge is 0.159 e. The molecule has 0 radical (unpaired) electrons. The van der Waals surface area contributed by atoms with Gasteiger partial charge in [0.2, 0.25) is 0 Å². The Morgan fingerprint density at radius 2 is 1.50 bits per heavy atom. The quantitative estimate of drug-likeness (QED) is 0.572. The topological polar surface area (TPSA) is 17.1 Å². The molecule has 0 N–H and O–H groups in total. The van der Waals surface area contributed by atoms with E-state index >= 15 is 0 Å². The van der Waals surface area contributed by atoms with E-state index in [1.165, 1.54) is 5.56 Å². The van der Waals surface area contributed by atoms with Crippen LogP contribution in [0, 0.1) is 0 Å². The van der Waals surface area contributed by atoms with Crippen LogP contribution in [-0.4, -0.2) is 5.78 Å². The van der Waals surface area contributed by atoms with Gasteiger partial charge in [-0.1, -0.05) is 54.6 Å². The predicted molar refractivity (Wildman–Crippen MR) is 75.8 cm³/mol. The molecule has 1 nitrogen and oxygen atoms in total. The van der Waals surface area contributed by atoms with E-state index in [0.29, 0.717) is 0 Å². The average molecular weight is 236 g/mol. The van der Waals surface area contributed by atoms with Crippen molar-refractivity contribution in [3.8, 4) is 11.1 Å². The molecule has 0 heterocycles. The van der Waals surface area contributed by atoms with Crippen molar-refractivity contribution in [1.82, 2.24) is 0 Å². The van der Waals surface area contributed by atoms with Gasteiger partial charge >= 0.3 is 0 Å². The van der Waals surface area contributed by atoms with E-state index in [-0.39, 0.29) is 5.78 Å². The first-order chi connectivity index (χ1) is 8.70. The van der Waals surface area contributed by atoms with E-state index in [2.05, 4.69) is 30.8 Å². The molecular formula is C17H16O. The van der Waals surface area contributed by atoms with Crippen LogP contribution < -0.4 is 0 Å². The van der Waals surface area contributed by atoms with Crippen molar-refractivity contribution in [3.05, 3.63) is 72.3 Å². The molecule has 0 spiro atoms. The molecule has 0 aliphatic heterocycles. The number of hydrogen-bond donors (Lipinski definition) is 0. The summed E-state index contributed by atoms with van der Waals surface area (Å²) in [6.45, 7) is 5.31. The van der Waals surface area contributed by atoms with Gasteiger partial charge < -0.3 is 0 Å². The standard InChI is InChI=1S/C17H16O/c1-3-4-14-5-7-16(8-6-14)17-11-9-15(10-12-17)13(2)18/h3,5-12H,1,4H2,2H3. The van der Waals surface area contributed by atoms with Crippen molar-refractivity contribution >= 4 is 5.78 Å². The minimum Gasteiger partial charge on any atom is -0.295 e. The zero-order chi connectivity index (χ0) is 13.0. The minimum atomic E-state index is 0.0999. The van der Waals surface area contributed by atoms with Crippen LogP contribution in [0.4, 0.5) is 0 Å². The lowest BCUT2D eigenvalue weighted by Crippen LogP contribution is -1.90. The summed E-state index contributed by atoms with van der Waals surface area (Å²) in [4.78, 5) is 11.2. The summed E-state index contributed by atoms with van der Waals surface area (Å²) in [6, 6.07) is 16.1. The maximum Gasteiger partial charge on any atom is 0.159 e. The fourth-order valence-corrected chi connectivity index (χ4v) is 1.90. The summed E-state index contributed by atoms with van der Waals surface area (Å²) in [7, 11) is 0. The molecule has 0 saturated carbocycles. The van der Waals surface area contributed by atoms with Crippen LogP contribution in [0.15, 0.2) is 61.2 Å². The number of hydrogen-bond acceptors (Lipinski definition) is 1. The van der Waals surface area contributed by atoms with Gasteiger partial charge in [0.25, 0.3) is 0 Å². The monoisotopic (exact) mass is 236 g/mol. The van der Waals surface area contributed by atoms with Crippen molar-refractivity contribution in [1.29, 1.82) is 0 Å². The van der Waals surface area contributed by atoms with Crippen molar-refractivity contribution in [2.45, 2.75) is 13.3 Å². The molecule has 0 amide bonds. The normalized spacial score (nSPS) is 10.1. The van der Waals surface area contributed by atoms with E-state index < -0.39 is 0 Å². The van der Waals surface area contributed by atoms with Crippen molar-refractivity contribution in [3.63, 3.8) is 0 Å². The Morgan fingerprint density at radius 3 is 1.94 bits per heavy atom. The Labute approximate surface area is 108 Å². The zero-order valence-electron chi connectivity index (χ0n) is 10.5. The highest BCUT2D eigenvalue weighted by Gasteiger charge is 2.01. The molecule has 1 heteroatoms. The first kappa shape index (κ1) is 12.3. The number of carbonyl (C=O) groups is 1. The molecule has 90 valence electrons. The van der Waals surface area contributed by atoms with Gasteiger partial charge in [0, 0.05) is 5.56 Å². The number of ketones is 1. The molecule has 0 fully saturated rings. The van der Waals surface area contributed by atoms with Crippen LogP contribution in [0.3, 0.4) is 0 Å². The molecule has 0 aliphatic carbocycles. The van der Waals surface area contributed by atoms with E-state index in [0.717, 1.165) is 23.1 Å². The van der Waals surface area contributed by atoms with Crippen LogP contribution in [0.5, 0.6) is 0 Å². The molecule has 0 bridgehead atoms. The third-order valence-corrected chi connectivity index (χ3v) is 2.96. The molecule has 0 aromatic heterocycles. The molecule has 0 saturated heterocycles. The van der Waals surface area contributed by atoms with Crippen molar-refractivity contribution in [2.24, 2.45) is 0 Å². The van der Waals surface area contributed by atoms with E-state index in [1.807, 2.05) is 30.3 Å². The maximum atomic E-state index is 11.2. The molecule has 0 aliphatic rings. The van der Waals surface area contributed by atoms with E-state index in [9.17, 15) is 4.79 Å². The van der Waals surface area contributed by atoms with Crippen molar-refractivity contribution in [2.75, 3.05) is 0 Å². The number of allylic oxidation sites excluding steroid dienone is 1. The van der Waals surface area contributed by atoms with Gasteiger partial charge in [0.1, 0.15) is 0 Å². The number of Topliss-reactive ketones (excluding diaryl/α,β-unsaturated/α-hetero) is 1. The highest BCUT2D eigenvalue weighted by molar-refractivity contribution is 5.94. The second kappa shape index (κ2) is 5.46. The predicted octanol–water partition coefficient (Wildman–Crippen LogP) is 4.28. The van der Waals surface area contributed by atoms with E-state index in [4.69, 9.17) is 0 Å². The summed E-state index contributed by atoms with van der Waals surface area (Å²) < 4.78 is 0. The summed E-state index contributed by atoms with van der Waals surface area (Å²) in [5, 5.41) is 0. The second-order valence-electron chi connectivity index (χ2n) is 4.32. The van der Waals surface area contributed by atoms with E-state index in [1.54, 1.807) is 6.92 Å². The SMILES string of the molecule is C=CCc1ccc(-c2ccc(C(C)=O)cc2)cc1. The van der Waals surface area contributed by atoms with Crippen LogP contribution in [0.2, 0.25) is 0 Å². The van der Waals surface area contributed by atoms with Crippen molar-refractivity contribution < 1.29 is 4.79 Å². The highest BCUT2D eigenvalue weighted by Crippen LogP contribution is 2.20. The van der Waals surface area contributed by atoms with Crippen LogP contribution in [0.1, 0.15) is 22.8 Å². The van der Waals surface area contributed by atoms with Gasteiger partial charge in [-0.05, 0) is 30.0 Å². The summed E-state index contributed by atoms with van der Waals surface area (Å²) in [6.07, 6.45) is 2.79. The van der Waals surface area contributed by atoms with Gasteiger partial charge in [0.05, 0.1) is 0 Å². The fraction of sp³-hybridized carbons (Fsp3) is 0.118. The lowest BCUT2D eigenvalue weighted by atomic mass is 10.0. The van der Waals surface area contributed by atoms with Crippen LogP contribution in [-0.2, 0) is 6.42 Å². The molecule has 18 heavy (non-hydrogen) atoms. The third-order valence-electron chi connectivity index (χ3n) is 2.96. The summed E-state index contributed by atoms with van der Waals surface area (Å²) in [5.74, 6) is 0.0999. The first-order valence-electron chi connectivity index (χ1n) is 6.02. The molecule has 2 aromatic carbocycles. The highest BCUT2D eigenvalue weighted by atomic mass is 16.1. The van der Waals surface area contributed by atoms with Gasteiger partial charge in [-0.25, -0.2) is 0 Å². The number of rotatable bonds is 4. The summed E-state index contributed by atoms with van der Waals surface area (Å²) in [5.41, 5.74) is 4.30. The lowest BCUT2D eigenvalue weighted by Gasteiger charge is -2.04. The molecule has 0 atom stereocenters. The Balaban J connectivity index is 2.25. The summed E-state index contributed by atoms with van der Waals surface area (Å²) >= 11 is 0. The maximum absolute atomic E-state index is 11.2. The van der Waals surface area contributed by atoms with Crippen LogP contribution in [0.25, 0.3) is 11.1 Å². The largest absolute Gasteiger partial charge is 0.295 e. The molecule has 2 aromatic rings. The first-order valence-corrected chi connectivity index (χ1v) is 6.02. The Hall–Kier alpha value is -2.15. The Bertz CT molecular complexity index is 547. The number of carbonyl (C=O) groups excluding carboxylic acids is 1. The zero-order valence-corrected chi connectivity index (χ0v) is 10.5. The number of benzene rings is 2. The van der Waals surface area contributed by atoms with Crippen LogP contribution >= 0.6 is 0 Å².